The van der Waals surface area contributed by atoms with Gasteiger partial charge in [0, 0.05) is 41.4 Å². The van der Waals surface area contributed by atoms with Crippen molar-refractivity contribution >= 4 is 40.3 Å². The number of hydrogen-bond donors (Lipinski definition) is 0. The first-order chi connectivity index (χ1) is 17.7. The van der Waals surface area contributed by atoms with Crippen molar-refractivity contribution in [3.8, 4) is 11.1 Å². The Balaban J connectivity index is 1.20. The number of ether oxygens (including phenoxy) is 2. The number of fused-ring (bicyclic) bond motifs is 3. The molecule has 0 radical (unpaired) electrons. The Morgan fingerprint density at radius 1 is 0.892 bits per heavy atom. The van der Waals surface area contributed by atoms with Crippen LogP contribution in [0, 0.1) is 3.57 Å². The predicted molar refractivity (Wildman–Crippen MR) is 153 cm³/mol. The minimum absolute atomic E-state index is 0.0512. The molecule has 3 aromatic rings. The van der Waals surface area contributed by atoms with Crippen molar-refractivity contribution < 1.29 is 19.1 Å². The number of esters is 1. The zero-order valence-corrected chi connectivity index (χ0v) is 23.5. The fourth-order valence-corrected chi connectivity index (χ4v) is 5.70. The minimum atomic E-state index is -0.548. The number of hydrogen-bond acceptors (Lipinski definition) is 5. The molecule has 0 atom stereocenters. The van der Waals surface area contributed by atoms with Gasteiger partial charge >= 0.3 is 12.1 Å². The van der Waals surface area contributed by atoms with E-state index in [9.17, 15) is 9.59 Å². The molecule has 1 aliphatic carbocycles. The zero-order valence-electron chi connectivity index (χ0n) is 21.4. The maximum atomic E-state index is 13.0. The molecule has 0 saturated carbocycles. The van der Waals surface area contributed by atoms with Crippen molar-refractivity contribution in [1.29, 1.82) is 0 Å². The van der Waals surface area contributed by atoms with Gasteiger partial charge in [-0.15, -0.1) is 0 Å². The summed E-state index contributed by atoms with van der Waals surface area (Å²) in [5.74, 6) is -0.278. The fraction of sp³-hybridized carbons (Fsp3) is 0.333. The fourth-order valence-electron chi connectivity index (χ4n) is 5.04. The summed E-state index contributed by atoms with van der Waals surface area (Å²) in [5, 5.41) is 0. The summed E-state index contributed by atoms with van der Waals surface area (Å²) >= 11 is 2.22. The van der Waals surface area contributed by atoms with Crippen LogP contribution in [0.25, 0.3) is 11.1 Å². The van der Waals surface area contributed by atoms with Crippen LogP contribution in [0.3, 0.4) is 0 Å². The van der Waals surface area contributed by atoms with Gasteiger partial charge in [0.25, 0.3) is 0 Å². The van der Waals surface area contributed by atoms with Gasteiger partial charge in [-0.25, -0.2) is 9.59 Å². The largest absolute Gasteiger partial charge is 0.456 e. The van der Waals surface area contributed by atoms with Gasteiger partial charge in [-0.3, -0.25) is 0 Å². The predicted octanol–water partition coefficient (Wildman–Crippen LogP) is 6.32. The number of nitrogens with zero attached hydrogens (tertiary/aromatic N) is 2. The molecular formula is C30H31IN2O4. The summed E-state index contributed by atoms with van der Waals surface area (Å²) in [6, 6.07) is 22.5. The third-order valence-corrected chi connectivity index (χ3v) is 7.38. The Hall–Kier alpha value is -3.07. The van der Waals surface area contributed by atoms with Gasteiger partial charge in [-0.1, -0.05) is 48.5 Å². The average molecular weight is 610 g/mol. The number of halogens is 1. The Kier molecular flexibility index (Phi) is 7.16. The molecule has 1 fully saturated rings. The molecule has 1 saturated heterocycles. The molecule has 3 aromatic carbocycles. The van der Waals surface area contributed by atoms with E-state index in [0.717, 1.165) is 9.26 Å². The van der Waals surface area contributed by atoms with E-state index in [-0.39, 0.29) is 18.0 Å². The van der Waals surface area contributed by atoms with E-state index < -0.39 is 5.60 Å². The molecule has 0 N–H and O–H groups in total. The van der Waals surface area contributed by atoms with Crippen LogP contribution >= 0.6 is 22.6 Å². The van der Waals surface area contributed by atoms with Gasteiger partial charge in [0.1, 0.15) is 12.2 Å². The van der Waals surface area contributed by atoms with E-state index in [1.54, 1.807) is 4.90 Å². The molecule has 0 unspecified atom stereocenters. The highest BCUT2D eigenvalue weighted by Crippen LogP contribution is 2.44. The van der Waals surface area contributed by atoms with E-state index in [1.165, 1.54) is 22.3 Å². The van der Waals surface area contributed by atoms with Gasteiger partial charge in [-0.2, -0.15) is 0 Å². The molecule has 5 rings (SSSR count). The standard InChI is InChI=1S/C30H31IN2O4/c1-30(2,3)37-28(34)20-16-21(31)18-22(17-20)32-12-14-33(15-13-32)29(35)36-19-27-25-10-6-4-8-23(25)24-9-5-7-11-26(24)27/h4-11,16-18,27H,12-15,19H2,1-3H3. The van der Waals surface area contributed by atoms with Crippen molar-refractivity contribution in [2.75, 3.05) is 37.7 Å². The number of carbonyl (C=O) groups is 2. The second-order valence-corrected chi connectivity index (χ2v) is 11.7. The Morgan fingerprint density at radius 2 is 1.49 bits per heavy atom. The second kappa shape index (κ2) is 10.4. The molecule has 0 aromatic heterocycles. The van der Waals surface area contributed by atoms with Gasteiger partial charge in [0.05, 0.1) is 5.56 Å². The van der Waals surface area contributed by atoms with E-state index in [0.29, 0.717) is 38.3 Å². The van der Waals surface area contributed by atoms with E-state index in [4.69, 9.17) is 9.47 Å². The lowest BCUT2D eigenvalue weighted by atomic mass is 9.98. The highest BCUT2D eigenvalue weighted by atomic mass is 127. The normalized spacial score (nSPS) is 15.2. The lowest BCUT2D eigenvalue weighted by molar-refractivity contribution is 0.00694. The molecule has 37 heavy (non-hydrogen) atoms. The monoisotopic (exact) mass is 610 g/mol. The number of amides is 1. The first-order valence-corrected chi connectivity index (χ1v) is 13.7. The number of carbonyl (C=O) groups excluding carboxylic acids is 2. The second-order valence-electron chi connectivity index (χ2n) is 10.5. The Bertz CT molecular complexity index is 1280. The molecule has 2 aliphatic rings. The van der Waals surface area contributed by atoms with Gasteiger partial charge < -0.3 is 19.3 Å². The lowest BCUT2D eigenvalue weighted by Gasteiger charge is -2.36. The molecule has 6 nitrogen and oxygen atoms in total. The average Bonchev–Trinajstić information content (AvgIpc) is 3.20. The first kappa shape index (κ1) is 25.6. The topological polar surface area (TPSA) is 59.1 Å². The van der Waals surface area contributed by atoms with Crippen LogP contribution in [-0.2, 0) is 9.47 Å². The van der Waals surface area contributed by atoms with Crippen molar-refractivity contribution in [2.24, 2.45) is 0 Å². The van der Waals surface area contributed by atoms with E-state index in [1.807, 2.05) is 57.2 Å². The maximum absolute atomic E-state index is 13.0. The first-order valence-electron chi connectivity index (χ1n) is 12.6. The van der Waals surface area contributed by atoms with Gasteiger partial charge in [-0.05, 0) is 83.8 Å². The number of anilines is 1. The van der Waals surface area contributed by atoms with Crippen molar-refractivity contribution in [3.05, 3.63) is 87.0 Å². The SMILES string of the molecule is CC(C)(C)OC(=O)c1cc(I)cc(N2CCN(C(=O)OCC3c4ccccc4-c4ccccc43)CC2)c1. The van der Waals surface area contributed by atoms with E-state index >= 15 is 0 Å². The molecule has 0 spiro atoms. The van der Waals surface area contributed by atoms with Crippen molar-refractivity contribution in [3.63, 3.8) is 0 Å². The molecular weight excluding hydrogens is 579 g/mol. The number of rotatable bonds is 4. The molecule has 1 amide bonds. The third kappa shape index (κ3) is 5.61. The third-order valence-electron chi connectivity index (χ3n) is 6.76. The van der Waals surface area contributed by atoms with Crippen LogP contribution in [0.2, 0.25) is 0 Å². The Labute approximate surface area is 231 Å². The molecule has 1 heterocycles. The van der Waals surface area contributed by atoms with Crippen LogP contribution in [0.5, 0.6) is 0 Å². The van der Waals surface area contributed by atoms with Crippen LogP contribution in [0.4, 0.5) is 10.5 Å². The Morgan fingerprint density at radius 3 is 2.08 bits per heavy atom. The van der Waals surface area contributed by atoms with Crippen LogP contribution < -0.4 is 4.90 Å². The quantitative estimate of drug-likeness (QED) is 0.256. The molecule has 1 aliphatic heterocycles. The molecule has 7 heteroatoms. The molecule has 192 valence electrons. The minimum Gasteiger partial charge on any atom is -0.456 e. The summed E-state index contributed by atoms with van der Waals surface area (Å²) < 4.78 is 12.4. The summed E-state index contributed by atoms with van der Waals surface area (Å²) in [6.07, 6.45) is -0.279. The lowest BCUT2D eigenvalue weighted by Crippen LogP contribution is -2.49. The summed E-state index contributed by atoms with van der Waals surface area (Å²) in [6.45, 7) is 8.36. The summed E-state index contributed by atoms with van der Waals surface area (Å²) in [5.41, 5.74) is 5.80. The van der Waals surface area contributed by atoms with Crippen molar-refractivity contribution in [1.82, 2.24) is 4.90 Å². The van der Waals surface area contributed by atoms with E-state index in [2.05, 4.69) is 57.8 Å². The zero-order chi connectivity index (χ0) is 26.2. The maximum Gasteiger partial charge on any atom is 0.409 e. The summed E-state index contributed by atoms with van der Waals surface area (Å²) in [7, 11) is 0. The number of piperazine rings is 1. The highest BCUT2D eigenvalue weighted by Gasteiger charge is 2.30. The van der Waals surface area contributed by atoms with Gasteiger partial charge in [0.2, 0.25) is 0 Å². The van der Waals surface area contributed by atoms with Crippen LogP contribution in [-0.4, -0.2) is 55.3 Å². The highest BCUT2D eigenvalue weighted by molar-refractivity contribution is 14.1. The number of benzene rings is 3. The van der Waals surface area contributed by atoms with Crippen LogP contribution in [0.15, 0.2) is 66.7 Å². The van der Waals surface area contributed by atoms with Gasteiger partial charge in [0.15, 0.2) is 0 Å². The van der Waals surface area contributed by atoms with Crippen LogP contribution in [0.1, 0.15) is 48.2 Å². The molecule has 0 bridgehead atoms. The smallest absolute Gasteiger partial charge is 0.409 e. The summed E-state index contributed by atoms with van der Waals surface area (Å²) in [4.78, 5) is 29.6. The van der Waals surface area contributed by atoms with Crippen molar-refractivity contribution in [2.45, 2.75) is 32.3 Å².